The van der Waals surface area contributed by atoms with Gasteiger partial charge in [0.25, 0.3) is 0 Å². The summed E-state index contributed by atoms with van der Waals surface area (Å²) in [5.74, 6) is 0.269. The van der Waals surface area contributed by atoms with Gasteiger partial charge in [0, 0.05) is 5.56 Å². The van der Waals surface area contributed by atoms with Crippen LogP contribution in [-0.2, 0) is 0 Å². The number of halogens is 1. The molecule has 0 unspecified atom stereocenters. The molecule has 0 spiro atoms. The molecule has 5 nitrogen and oxygen atoms in total. The lowest BCUT2D eigenvalue weighted by Crippen LogP contribution is -1.99. The van der Waals surface area contributed by atoms with Gasteiger partial charge in [0.15, 0.2) is 0 Å². The Morgan fingerprint density at radius 1 is 1.45 bits per heavy atom. The van der Waals surface area contributed by atoms with Crippen LogP contribution in [0.2, 0.25) is 5.02 Å². The average molecular weight is 293 g/mol. The van der Waals surface area contributed by atoms with Gasteiger partial charge in [-0.25, -0.2) is 4.79 Å². The zero-order valence-corrected chi connectivity index (χ0v) is 11.4. The Labute approximate surface area is 120 Å². The van der Waals surface area contributed by atoms with Crippen molar-refractivity contribution in [1.29, 1.82) is 0 Å². The van der Waals surface area contributed by atoms with Crippen molar-refractivity contribution in [3.63, 3.8) is 0 Å². The van der Waals surface area contributed by atoms with E-state index >= 15 is 0 Å². The number of ether oxygens (including phenoxy) is 1. The Morgan fingerprint density at radius 3 is 2.85 bits per heavy atom. The fourth-order valence-electron chi connectivity index (χ4n) is 1.85. The summed E-state index contributed by atoms with van der Waals surface area (Å²) in [4.78, 5) is 10.8. The minimum absolute atomic E-state index is 0.0465. The summed E-state index contributed by atoms with van der Waals surface area (Å²) in [5, 5.41) is 15.8. The third-order valence-corrected chi connectivity index (χ3v) is 3.50. The number of aromatic carboxylic acids is 1. The number of aromatic amines is 1. The lowest BCUT2D eigenvalue weighted by molar-refractivity contribution is 0.0690. The van der Waals surface area contributed by atoms with Crippen LogP contribution in [0.4, 0.5) is 0 Å². The van der Waals surface area contributed by atoms with E-state index in [0.717, 1.165) is 5.56 Å². The smallest absolute Gasteiger partial charge is 0.353 e. The Hall–Kier alpha value is -2.01. The molecule has 1 saturated carbocycles. The van der Waals surface area contributed by atoms with Gasteiger partial charge in [-0.15, -0.1) is 0 Å². The van der Waals surface area contributed by atoms with E-state index in [-0.39, 0.29) is 5.69 Å². The number of aromatic nitrogens is 2. The van der Waals surface area contributed by atoms with E-state index in [1.54, 1.807) is 12.1 Å². The number of hydrogen-bond donors (Lipinski definition) is 2. The standard InChI is InChI=1S/C14H13ClN2O3/c15-10-5-9(11-6-12(14(18)19)17-16-11)3-4-13(10)20-7-8-1-2-8/h3-6,8H,1-2,7H2,(H,16,17)(H,18,19). The van der Waals surface area contributed by atoms with E-state index in [4.69, 9.17) is 21.4 Å². The minimum Gasteiger partial charge on any atom is -0.492 e. The average Bonchev–Trinajstić information content (AvgIpc) is 3.11. The third kappa shape index (κ3) is 2.77. The Balaban J connectivity index is 1.79. The molecule has 1 aromatic heterocycles. The molecule has 1 heterocycles. The van der Waals surface area contributed by atoms with Gasteiger partial charge in [-0.2, -0.15) is 5.10 Å². The molecule has 1 aromatic carbocycles. The molecule has 1 aliphatic carbocycles. The van der Waals surface area contributed by atoms with Crippen LogP contribution < -0.4 is 4.74 Å². The summed E-state index contributed by atoms with van der Waals surface area (Å²) >= 11 is 6.17. The van der Waals surface area contributed by atoms with E-state index in [0.29, 0.717) is 29.0 Å². The van der Waals surface area contributed by atoms with Crippen LogP contribution in [-0.4, -0.2) is 27.9 Å². The maximum atomic E-state index is 10.8. The summed E-state index contributed by atoms with van der Waals surface area (Å²) in [6.07, 6.45) is 2.45. The van der Waals surface area contributed by atoms with Crippen molar-refractivity contribution in [2.24, 2.45) is 5.92 Å². The van der Waals surface area contributed by atoms with Gasteiger partial charge >= 0.3 is 5.97 Å². The highest BCUT2D eigenvalue weighted by Crippen LogP contribution is 2.33. The number of carboxylic acids is 1. The number of hydrogen-bond acceptors (Lipinski definition) is 3. The van der Waals surface area contributed by atoms with Crippen LogP contribution in [0.5, 0.6) is 5.75 Å². The van der Waals surface area contributed by atoms with Crippen LogP contribution in [0.15, 0.2) is 24.3 Å². The monoisotopic (exact) mass is 292 g/mol. The fourth-order valence-corrected chi connectivity index (χ4v) is 2.08. The summed E-state index contributed by atoms with van der Waals surface area (Å²) in [6.45, 7) is 0.699. The van der Waals surface area contributed by atoms with Crippen LogP contribution in [0.3, 0.4) is 0 Å². The van der Waals surface area contributed by atoms with E-state index in [1.807, 2.05) is 6.07 Å². The van der Waals surface area contributed by atoms with E-state index in [2.05, 4.69) is 10.2 Å². The van der Waals surface area contributed by atoms with Crippen LogP contribution in [0.25, 0.3) is 11.3 Å². The first-order valence-corrected chi connectivity index (χ1v) is 6.72. The molecular weight excluding hydrogens is 280 g/mol. The van der Waals surface area contributed by atoms with Crippen molar-refractivity contribution in [2.45, 2.75) is 12.8 Å². The van der Waals surface area contributed by atoms with Gasteiger partial charge in [-0.3, -0.25) is 5.10 Å². The van der Waals surface area contributed by atoms with Gasteiger partial charge in [0.05, 0.1) is 17.3 Å². The number of benzene rings is 1. The SMILES string of the molecule is O=C(O)c1cc(-c2ccc(OCC3CC3)c(Cl)c2)n[nH]1. The molecule has 0 aliphatic heterocycles. The summed E-state index contributed by atoms with van der Waals surface area (Å²) < 4.78 is 5.64. The quantitative estimate of drug-likeness (QED) is 0.887. The topological polar surface area (TPSA) is 75.2 Å². The predicted octanol–water partition coefficient (Wildman–Crippen LogP) is 3.22. The first kappa shape index (κ1) is 13.0. The molecule has 3 rings (SSSR count). The van der Waals surface area contributed by atoms with Crippen LogP contribution in [0, 0.1) is 5.92 Å². The highest BCUT2D eigenvalue weighted by atomic mass is 35.5. The summed E-state index contributed by atoms with van der Waals surface area (Å²) in [5.41, 5.74) is 1.33. The number of rotatable bonds is 5. The molecule has 0 atom stereocenters. The first-order chi connectivity index (χ1) is 9.63. The summed E-state index contributed by atoms with van der Waals surface area (Å²) in [6, 6.07) is 6.80. The molecule has 0 bridgehead atoms. The van der Waals surface area contributed by atoms with Crippen molar-refractivity contribution >= 4 is 17.6 Å². The van der Waals surface area contributed by atoms with Crippen molar-refractivity contribution < 1.29 is 14.6 Å². The molecule has 2 N–H and O–H groups in total. The molecule has 0 saturated heterocycles. The van der Waals surface area contributed by atoms with Gasteiger partial charge in [0.2, 0.25) is 0 Å². The second-order valence-corrected chi connectivity index (χ2v) is 5.28. The van der Waals surface area contributed by atoms with E-state index < -0.39 is 5.97 Å². The maximum absolute atomic E-state index is 10.8. The largest absolute Gasteiger partial charge is 0.492 e. The van der Waals surface area contributed by atoms with Crippen molar-refractivity contribution in [2.75, 3.05) is 6.61 Å². The molecule has 0 amide bonds. The number of nitrogens with one attached hydrogen (secondary N) is 1. The molecule has 0 radical (unpaired) electrons. The lowest BCUT2D eigenvalue weighted by Gasteiger charge is -2.08. The number of nitrogens with zero attached hydrogens (tertiary/aromatic N) is 1. The molecule has 104 valence electrons. The molecule has 20 heavy (non-hydrogen) atoms. The third-order valence-electron chi connectivity index (χ3n) is 3.21. The van der Waals surface area contributed by atoms with Crippen molar-refractivity contribution in [1.82, 2.24) is 10.2 Å². The number of H-pyrrole nitrogens is 1. The normalized spacial score (nSPS) is 14.2. The van der Waals surface area contributed by atoms with Gasteiger partial charge in [-0.05, 0) is 43.0 Å². The Kier molecular flexibility index (Phi) is 3.36. The highest BCUT2D eigenvalue weighted by molar-refractivity contribution is 6.32. The molecular formula is C14H13ClN2O3. The van der Waals surface area contributed by atoms with E-state index in [9.17, 15) is 4.79 Å². The second-order valence-electron chi connectivity index (χ2n) is 4.87. The zero-order valence-electron chi connectivity index (χ0n) is 10.6. The molecule has 6 heteroatoms. The van der Waals surface area contributed by atoms with E-state index in [1.165, 1.54) is 18.9 Å². The summed E-state index contributed by atoms with van der Waals surface area (Å²) in [7, 11) is 0. The minimum atomic E-state index is -1.04. The Morgan fingerprint density at radius 2 is 2.25 bits per heavy atom. The second kappa shape index (κ2) is 5.17. The van der Waals surface area contributed by atoms with Gasteiger partial charge < -0.3 is 9.84 Å². The molecule has 2 aromatic rings. The van der Waals surface area contributed by atoms with Crippen molar-refractivity contribution in [3.8, 4) is 17.0 Å². The first-order valence-electron chi connectivity index (χ1n) is 6.35. The van der Waals surface area contributed by atoms with Crippen LogP contribution >= 0.6 is 11.6 Å². The highest BCUT2D eigenvalue weighted by Gasteiger charge is 2.22. The van der Waals surface area contributed by atoms with Gasteiger partial charge in [0.1, 0.15) is 11.4 Å². The number of carboxylic acid groups (broad SMARTS) is 1. The Bertz CT molecular complexity index is 650. The predicted molar refractivity (Wildman–Crippen MR) is 74.2 cm³/mol. The molecule has 1 aliphatic rings. The van der Waals surface area contributed by atoms with Crippen molar-refractivity contribution in [3.05, 3.63) is 35.0 Å². The maximum Gasteiger partial charge on any atom is 0.353 e. The number of carbonyl (C=O) groups is 1. The zero-order chi connectivity index (χ0) is 14.1. The van der Waals surface area contributed by atoms with Gasteiger partial charge in [-0.1, -0.05) is 11.6 Å². The van der Waals surface area contributed by atoms with Crippen LogP contribution in [0.1, 0.15) is 23.3 Å². The lowest BCUT2D eigenvalue weighted by atomic mass is 10.1. The fraction of sp³-hybridized carbons (Fsp3) is 0.286. The molecule has 1 fully saturated rings.